The smallest absolute Gasteiger partial charge is 0.261 e. The highest BCUT2D eigenvalue weighted by Gasteiger charge is 2.28. The van der Waals surface area contributed by atoms with E-state index in [-0.39, 0.29) is 30.8 Å². The van der Waals surface area contributed by atoms with E-state index in [4.69, 9.17) is 4.74 Å². The van der Waals surface area contributed by atoms with E-state index in [2.05, 4.69) is 19.2 Å². The first-order valence-electron chi connectivity index (χ1n) is 10.4. The van der Waals surface area contributed by atoms with Gasteiger partial charge in [0, 0.05) is 13.1 Å². The minimum absolute atomic E-state index is 0.182. The average molecular weight is 415 g/mol. The molecule has 0 aliphatic carbocycles. The zero-order valence-electron chi connectivity index (χ0n) is 18.2. The Kier molecular flexibility index (Phi) is 8.84. The molecule has 0 aliphatic rings. The van der Waals surface area contributed by atoms with Gasteiger partial charge in [0.25, 0.3) is 5.91 Å². The number of ether oxygens (including phenoxy) is 1. The quantitative estimate of drug-likeness (QED) is 0.632. The number of halogens is 1. The Balaban J connectivity index is 2.15. The van der Waals surface area contributed by atoms with E-state index in [9.17, 15) is 14.0 Å². The summed E-state index contributed by atoms with van der Waals surface area (Å²) in [6.07, 6.45) is 0.460. The standard InChI is InChI=1S/C24H31FN2O3/c1-5-22(24(29)26-6-2)27(15-18-7-11-20(25)12-8-18)23(28)16-30-21-13-9-19(10-14-21)17(3)4/h7-14,17,22H,5-6,15-16H2,1-4H3,(H,26,29). The highest BCUT2D eigenvalue weighted by atomic mass is 19.1. The second kappa shape index (κ2) is 11.3. The van der Waals surface area contributed by atoms with Gasteiger partial charge in [-0.25, -0.2) is 4.39 Å². The van der Waals surface area contributed by atoms with Crippen LogP contribution in [0.5, 0.6) is 5.75 Å². The third-order valence-electron chi connectivity index (χ3n) is 4.91. The molecule has 0 radical (unpaired) electrons. The van der Waals surface area contributed by atoms with Crippen molar-refractivity contribution in [3.05, 3.63) is 65.5 Å². The number of hydrogen-bond donors (Lipinski definition) is 1. The molecule has 30 heavy (non-hydrogen) atoms. The van der Waals surface area contributed by atoms with Gasteiger partial charge in [0.2, 0.25) is 5.91 Å². The summed E-state index contributed by atoms with van der Waals surface area (Å²) in [7, 11) is 0. The molecule has 2 amide bonds. The molecule has 0 bridgehead atoms. The normalized spacial score (nSPS) is 11.8. The summed E-state index contributed by atoms with van der Waals surface area (Å²) in [6, 6.07) is 12.9. The van der Waals surface area contributed by atoms with Gasteiger partial charge in [-0.3, -0.25) is 9.59 Å². The molecule has 2 aromatic carbocycles. The van der Waals surface area contributed by atoms with Crippen LogP contribution in [-0.2, 0) is 16.1 Å². The molecule has 2 aromatic rings. The van der Waals surface area contributed by atoms with Crippen molar-refractivity contribution in [2.24, 2.45) is 0 Å². The molecular weight excluding hydrogens is 383 g/mol. The first-order valence-corrected chi connectivity index (χ1v) is 10.4. The number of nitrogens with zero attached hydrogens (tertiary/aromatic N) is 1. The topological polar surface area (TPSA) is 58.6 Å². The number of benzene rings is 2. The van der Waals surface area contributed by atoms with Crippen LogP contribution in [-0.4, -0.2) is 35.9 Å². The number of amides is 2. The average Bonchev–Trinajstić information content (AvgIpc) is 2.73. The van der Waals surface area contributed by atoms with Crippen LogP contribution >= 0.6 is 0 Å². The Morgan fingerprint density at radius 2 is 1.67 bits per heavy atom. The fourth-order valence-electron chi connectivity index (χ4n) is 3.17. The second-order valence-electron chi connectivity index (χ2n) is 7.48. The second-order valence-corrected chi connectivity index (χ2v) is 7.48. The number of likely N-dealkylation sites (N-methyl/N-ethyl adjacent to an activating group) is 1. The molecule has 1 unspecified atom stereocenters. The van der Waals surface area contributed by atoms with Crippen LogP contribution in [0.1, 0.15) is 51.2 Å². The van der Waals surface area contributed by atoms with Crippen LogP contribution in [0.2, 0.25) is 0 Å². The van der Waals surface area contributed by atoms with Crippen LogP contribution in [0.4, 0.5) is 4.39 Å². The van der Waals surface area contributed by atoms with Crippen molar-refractivity contribution < 1.29 is 18.7 Å². The molecule has 162 valence electrons. The van der Waals surface area contributed by atoms with Crippen LogP contribution in [0.15, 0.2) is 48.5 Å². The molecule has 6 heteroatoms. The minimum atomic E-state index is -0.630. The van der Waals surface area contributed by atoms with Gasteiger partial charge in [0.05, 0.1) is 0 Å². The lowest BCUT2D eigenvalue weighted by atomic mass is 10.0. The van der Waals surface area contributed by atoms with Crippen molar-refractivity contribution in [2.75, 3.05) is 13.2 Å². The number of carbonyl (C=O) groups excluding carboxylic acids is 2. The van der Waals surface area contributed by atoms with Crippen molar-refractivity contribution in [2.45, 2.75) is 52.6 Å². The first kappa shape index (κ1) is 23.4. The zero-order chi connectivity index (χ0) is 22.1. The lowest BCUT2D eigenvalue weighted by molar-refractivity contribution is -0.142. The fraction of sp³-hybridized carbons (Fsp3) is 0.417. The molecule has 0 spiro atoms. The molecule has 0 fully saturated rings. The van der Waals surface area contributed by atoms with Crippen LogP contribution in [0.25, 0.3) is 0 Å². The molecule has 0 saturated carbocycles. The maximum absolute atomic E-state index is 13.3. The molecule has 2 rings (SSSR count). The molecule has 1 atom stereocenters. The predicted octanol–water partition coefficient (Wildman–Crippen LogP) is 4.27. The molecule has 1 N–H and O–H groups in total. The van der Waals surface area contributed by atoms with E-state index in [1.165, 1.54) is 22.6 Å². The molecule has 5 nitrogen and oxygen atoms in total. The zero-order valence-corrected chi connectivity index (χ0v) is 18.2. The summed E-state index contributed by atoms with van der Waals surface area (Å²) in [5.41, 5.74) is 1.93. The lowest BCUT2D eigenvalue weighted by Crippen LogP contribution is -2.50. The largest absolute Gasteiger partial charge is 0.484 e. The Hall–Kier alpha value is -2.89. The molecule has 0 saturated heterocycles. The number of rotatable bonds is 10. The van der Waals surface area contributed by atoms with Crippen molar-refractivity contribution in [1.29, 1.82) is 0 Å². The van der Waals surface area contributed by atoms with E-state index in [0.717, 1.165) is 5.56 Å². The monoisotopic (exact) mass is 414 g/mol. The first-order chi connectivity index (χ1) is 14.3. The predicted molar refractivity (Wildman–Crippen MR) is 116 cm³/mol. The summed E-state index contributed by atoms with van der Waals surface area (Å²) >= 11 is 0. The van der Waals surface area contributed by atoms with Gasteiger partial charge in [-0.15, -0.1) is 0 Å². The summed E-state index contributed by atoms with van der Waals surface area (Å²) in [5.74, 6) is 0.150. The number of hydrogen-bond acceptors (Lipinski definition) is 3. The number of nitrogens with one attached hydrogen (secondary N) is 1. The lowest BCUT2D eigenvalue weighted by Gasteiger charge is -2.30. The van der Waals surface area contributed by atoms with E-state index in [1.54, 1.807) is 12.1 Å². The highest BCUT2D eigenvalue weighted by Crippen LogP contribution is 2.19. The van der Waals surface area contributed by atoms with Gasteiger partial charge in [-0.2, -0.15) is 0 Å². The van der Waals surface area contributed by atoms with Gasteiger partial charge in [0.15, 0.2) is 6.61 Å². The summed E-state index contributed by atoms with van der Waals surface area (Å²) in [6.45, 7) is 8.41. The molecular formula is C24H31FN2O3. The van der Waals surface area contributed by atoms with E-state index in [1.807, 2.05) is 38.1 Å². The summed E-state index contributed by atoms with van der Waals surface area (Å²) in [5, 5.41) is 2.78. The van der Waals surface area contributed by atoms with Gasteiger partial charge < -0.3 is 15.0 Å². The molecule has 0 aromatic heterocycles. The molecule has 0 aliphatic heterocycles. The minimum Gasteiger partial charge on any atom is -0.484 e. The SMILES string of the molecule is CCNC(=O)C(CC)N(Cc1ccc(F)cc1)C(=O)COc1ccc(C(C)C)cc1. The van der Waals surface area contributed by atoms with Crippen LogP contribution in [0, 0.1) is 5.82 Å². The Morgan fingerprint density at radius 1 is 1.03 bits per heavy atom. The third kappa shape index (κ3) is 6.58. The Morgan fingerprint density at radius 3 is 2.20 bits per heavy atom. The van der Waals surface area contributed by atoms with E-state index in [0.29, 0.717) is 24.6 Å². The van der Waals surface area contributed by atoms with E-state index >= 15 is 0 Å². The maximum atomic E-state index is 13.3. The van der Waals surface area contributed by atoms with Gasteiger partial charge in [-0.1, -0.05) is 45.0 Å². The van der Waals surface area contributed by atoms with Gasteiger partial charge in [0.1, 0.15) is 17.6 Å². The molecule has 0 heterocycles. The Labute approximate surface area is 178 Å². The van der Waals surface area contributed by atoms with Crippen molar-refractivity contribution in [1.82, 2.24) is 10.2 Å². The number of carbonyl (C=O) groups is 2. The van der Waals surface area contributed by atoms with Crippen molar-refractivity contribution in [3.63, 3.8) is 0 Å². The van der Waals surface area contributed by atoms with Crippen molar-refractivity contribution in [3.8, 4) is 5.75 Å². The maximum Gasteiger partial charge on any atom is 0.261 e. The Bertz CT molecular complexity index is 819. The summed E-state index contributed by atoms with van der Waals surface area (Å²) < 4.78 is 18.9. The van der Waals surface area contributed by atoms with Crippen molar-refractivity contribution >= 4 is 11.8 Å². The van der Waals surface area contributed by atoms with Crippen LogP contribution in [0.3, 0.4) is 0 Å². The summed E-state index contributed by atoms with van der Waals surface area (Å²) in [4.78, 5) is 27.1. The van der Waals surface area contributed by atoms with Gasteiger partial charge in [-0.05, 0) is 54.7 Å². The van der Waals surface area contributed by atoms with E-state index < -0.39 is 6.04 Å². The highest BCUT2D eigenvalue weighted by molar-refractivity contribution is 5.88. The van der Waals surface area contributed by atoms with Crippen LogP contribution < -0.4 is 10.1 Å². The fourth-order valence-corrected chi connectivity index (χ4v) is 3.17. The van der Waals surface area contributed by atoms with Gasteiger partial charge >= 0.3 is 0 Å². The third-order valence-corrected chi connectivity index (χ3v) is 4.91.